The van der Waals surface area contributed by atoms with Crippen molar-refractivity contribution in [1.82, 2.24) is 0 Å². The lowest BCUT2D eigenvalue weighted by atomic mass is 10.1. The summed E-state index contributed by atoms with van der Waals surface area (Å²) in [6.45, 7) is 0.605. The van der Waals surface area contributed by atoms with Crippen LogP contribution in [0.1, 0.15) is 12.0 Å². The molecule has 0 bridgehead atoms. The Morgan fingerprint density at radius 3 is 2.72 bits per heavy atom. The first-order valence-electron chi connectivity index (χ1n) is 6.25. The van der Waals surface area contributed by atoms with Crippen LogP contribution in [0.5, 0.6) is 0 Å². The highest BCUT2D eigenvalue weighted by molar-refractivity contribution is 7.91. The Bertz CT molecular complexity index is 513. The molecule has 0 amide bonds. The fourth-order valence-corrected chi connectivity index (χ4v) is 4.27. The monoisotopic (exact) mass is 268 g/mol. The highest BCUT2D eigenvalue weighted by Crippen LogP contribution is 2.26. The van der Waals surface area contributed by atoms with E-state index in [1.165, 1.54) is 5.56 Å². The van der Waals surface area contributed by atoms with Crippen molar-refractivity contribution in [2.45, 2.75) is 18.9 Å². The third-order valence-corrected chi connectivity index (χ3v) is 5.29. The zero-order chi connectivity index (χ0) is 13.2. The van der Waals surface area contributed by atoms with Crippen molar-refractivity contribution in [1.29, 1.82) is 0 Å². The van der Waals surface area contributed by atoms with Crippen LogP contribution in [-0.2, 0) is 16.3 Å². The third-order valence-electron chi connectivity index (χ3n) is 3.54. The number of para-hydroxylation sites is 1. The highest BCUT2D eigenvalue weighted by Gasteiger charge is 2.31. The number of sulfone groups is 1. The molecule has 1 heterocycles. The maximum absolute atomic E-state index is 11.5. The van der Waals surface area contributed by atoms with Gasteiger partial charge in [-0.1, -0.05) is 18.2 Å². The molecule has 2 N–H and O–H groups in total. The number of nitrogens with two attached hydrogens (primary N) is 1. The van der Waals surface area contributed by atoms with Crippen molar-refractivity contribution in [3.8, 4) is 0 Å². The molecule has 1 aliphatic heterocycles. The number of hydrogen-bond acceptors (Lipinski definition) is 4. The van der Waals surface area contributed by atoms with Crippen LogP contribution in [0.3, 0.4) is 0 Å². The minimum absolute atomic E-state index is 0.0916. The summed E-state index contributed by atoms with van der Waals surface area (Å²) in [4.78, 5) is 2.09. The molecular weight excluding hydrogens is 248 g/mol. The highest BCUT2D eigenvalue weighted by atomic mass is 32.2. The molecule has 1 saturated heterocycles. The van der Waals surface area contributed by atoms with Gasteiger partial charge >= 0.3 is 0 Å². The lowest BCUT2D eigenvalue weighted by molar-refractivity contribution is 0.600. The predicted octanol–water partition coefficient (Wildman–Crippen LogP) is 0.811. The van der Waals surface area contributed by atoms with Crippen molar-refractivity contribution in [2.75, 3.05) is 30.0 Å². The molecule has 1 aliphatic rings. The first-order valence-corrected chi connectivity index (χ1v) is 8.07. The Kier molecular flexibility index (Phi) is 3.92. The van der Waals surface area contributed by atoms with E-state index in [2.05, 4.69) is 11.0 Å². The van der Waals surface area contributed by atoms with Crippen LogP contribution in [-0.4, -0.2) is 39.6 Å². The molecule has 1 fully saturated rings. The lowest BCUT2D eigenvalue weighted by Gasteiger charge is -2.27. The van der Waals surface area contributed by atoms with Gasteiger partial charge in [-0.2, -0.15) is 0 Å². The topological polar surface area (TPSA) is 63.4 Å². The summed E-state index contributed by atoms with van der Waals surface area (Å²) in [5.41, 5.74) is 7.90. The van der Waals surface area contributed by atoms with Crippen molar-refractivity contribution in [3.05, 3.63) is 29.8 Å². The molecule has 0 spiro atoms. The SMILES string of the molecule is CN(c1ccccc1CCN)C1CCS(=O)(=O)C1. The van der Waals surface area contributed by atoms with E-state index in [0.29, 0.717) is 12.3 Å². The molecule has 0 aromatic heterocycles. The van der Waals surface area contributed by atoms with E-state index >= 15 is 0 Å². The number of hydrogen-bond donors (Lipinski definition) is 1. The Balaban J connectivity index is 2.21. The minimum Gasteiger partial charge on any atom is -0.370 e. The summed E-state index contributed by atoms with van der Waals surface area (Å²) >= 11 is 0. The van der Waals surface area contributed by atoms with Crippen molar-refractivity contribution in [3.63, 3.8) is 0 Å². The summed E-state index contributed by atoms with van der Waals surface area (Å²) in [7, 11) is -0.867. The molecule has 1 aromatic carbocycles. The Morgan fingerprint density at radius 1 is 1.39 bits per heavy atom. The number of rotatable bonds is 4. The Labute approximate surface area is 109 Å². The van der Waals surface area contributed by atoms with Crippen LogP contribution in [0.25, 0.3) is 0 Å². The summed E-state index contributed by atoms with van der Waals surface area (Å²) in [6.07, 6.45) is 1.54. The quantitative estimate of drug-likeness (QED) is 0.878. The first kappa shape index (κ1) is 13.4. The van der Waals surface area contributed by atoms with E-state index in [4.69, 9.17) is 5.73 Å². The van der Waals surface area contributed by atoms with Gasteiger partial charge in [0.25, 0.3) is 0 Å². The molecule has 5 heteroatoms. The molecule has 0 aliphatic carbocycles. The molecule has 2 rings (SSSR count). The molecule has 0 radical (unpaired) electrons. The fraction of sp³-hybridized carbons (Fsp3) is 0.538. The second-order valence-corrected chi connectivity index (χ2v) is 7.06. The van der Waals surface area contributed by atoms with E-state index in [1.807, 2.05) is 25.2 Å². The zero-order valence-corrected chi connectivity index (χ0v) is 11.5. The molecule has 1 aromatic rings. The Morgan fingerprint density at radius 2 is 2.11 bits per heavy atom. The van der Waals surface area contributed by atoms with Gasteiger partial charge < -0.3 is 10.6 Å². The predicted molar refractivity (Wildman–Crippen MR) is 74.7 cm³/mol. The van der Waals surface area contributed by atoms with Gasteiger partial charge in [0, 0.05) is 18.8 Å². The van der Waals surface area contributed by atoms with Crippen LogP contribution in [0, 0.1) is 0 Å². The normalized spacial score (nSPS) is 22.0. The molecule has 1 atom stereocenters. The maximum Gasteiger partial charge on any atom is 0.152 e. The lowest BCUT2D eigenvalue weighted by Crippen LogP contribution is -2.33. The van der Waals surface area contributed by atoms with Gasteiger partial charge in [0.2, 0.25) is 0 Å². The second-order valence-electron chi connectivity index (χ2n) is 4.84. The van der Waals surface area contributed by atoms with Crippen molar-refractivity contribution >= 4 is 15.5 Å². The number of anilines is 1. The fourth-order valence-electron chi connectivity index (χ4n) is 2.50. The van der Waals surface area contributed by atoms with Gasteiger partial charge in [-0.15, -0.1) is 0 Å². The van der Waals surface area contributed by atoms with Crippen LogP contribution in [0.4, 0.5) is 5.69 Å². The first-order chi connectivity index (χ1) is 8.53. The molecule has 4 nitrogen and oxygen atoms in total. The smallest absolute Gasteiger partial charge is 0.152 e. The number of nitrogens with zero attached hydrogens (tertiary/aromatic N) is 1. The largest absolute Gasteiger partial charge is 0.370 e. The third kappa shape index (κ3) is 2.84. The maximum atomic E-state index is 11.5. The van der Waals surface area contributed by atoms with Crippen LogP contribution >= 0.6 is 0 Å². The molecule has 18 heavy (non-hydrogen) atoms. The molecular formula is C13H20N2O2S. The summed E-state index contributed by atoms with van der Waals surface area (Å²) in [5.74, 6) is 0.571. The van der Waals surface area contributed by atoms with Crippen LogP contribution < -0.4 is 10.6 Å². The van der Waals surface area contributed by atoms with E-state index in [1.54, 1.807) is 0 Å². The van der Waals surface area contributed by atoms with Crippen LogP contribution in [0.2, 0.25) is 0 Å². The van der Waals surface area contributed by atoms with Gasteiger partial charge in [0.05, 0.1) is 11.5 Å². The average molecular weight is 268 g/mol. The van der Waals surface area contributed by atoms with E-state index in [9.17, 15) is 8.42 Å². The molecule has 0 saturated carbocycles. The van der Waals surface area contributed by atoms with Gasteiger partial charge in [-0.05, 0) is 31.0 Å². The van der Waals surface area contributed by atoms with E-state index in [-0.39, 0.29) is 11.8 Å². The number of benzene rings is 1. The minimum atomic E-state index is -2.84. The summed E-state index contributed by atoms with van der Waals surface area (Å²) < 4.78 is 23.1. The van der Waals surface area contributed by atoms with Gasteiger partial charge in [-0.3, -0.25) is 0 Å². The van der Waals surface area contributed by atoms with Crippen molar-refractivity contribution in [2.24, 2.45) is 5.73 Å². The second kappa shape index (κ2) is 5.28. The van der Waals surface area contributed by atoms with Gasteiger partial charge in [0.1, 0.15) is 0 Å². The van der Waals surface area contributed by atoms with Gasteiger partial charge in [-0.25, -0.2) is 8.42 Å². The molecule has 100 valence electrons. The summed E-state index contributed by atoms with van der Waals surface area (Å²) in [6, 6.07) is 8.16. The Hall–Kier alpha value is -1.07. The standard InChI is InChI=1S/C13H20N2O2S/c1-15(12-7-9-18(16,17)10-12)13-5-3-2-4-11(13)6-8-14/h2-5,12H,6-10,14H2,1H3. The van der Waals surface area contributed by atoms with E-state index < -0.39 is 9.84 Å². The van der Waals surface area contributed by atoms with Crippen molar-refractivity contribution < 1.29 is 8.42 Å². The molecule has 1 unspecified atom stereocenters. The zero-order valence-electron chi connectivity index (χ0n) is 10.7. The van der Waals surface area contributed by atoms with Gasteiger partial charge in [0.15, 0.2) is 9.84 Å². The van der Waals surface area contributed by atoms with Crippen LogP contribution in [0.15, 0.2) is 24.3 Å². The van der Waals surface area contributed by atoms with E-state index in [0.717, 1.165) is 18.5 Å². The average Bonchev–Trinajstić information content (AvgIpc) is 2.70. The summed E-state index contributed by atoms with van der Waals surface area (Å²) in [5, 5.41) is 0.